The number of nitrogens with zero attached hydrogens (tertiary/aromatic N) is 1. The van der Waals surface area contributed by atoms with Crippen LogP contribution in [0.1, 0.15) is 13.8 Å². The van der Waals surface area contributed by atoms with Crippen molar-refractivity contribution in [1.29, 1.82) is 0 Å². The van der Waals surface area contributed by atoms with E-state index in [1.165, 1.54) is 0 Å². The van der Waals surface area contributed by atoms with Crippen LogP contribution in [0.25, 0.3) is 22.4 Å². The third kappa shape index (κ3) is 2.85. The van der Waals surface area contributed by atoms with Crippen molar-refractivity contribution < 1.29 is 4.74 Å². The average molecular weight is 336 g/mol. The summed E-state index contributed by atoms with van der Waals surface area (Å²) < 4.78 is 5.64. The van der Waals surface area contributed by atoms with Crippen LogP contribution >= 0.6 is 23.2 Å². The summed E-state index contributed by atoms with van der Waals surface area (Å²) in [6.45, 7) is 3.92. The molecule has 114 valence electrons. The van der Waals surface area contributed by atoms with Gasteiger partial charge >= 0.3 is 0 Å². The largest absolute Gasteiger partial charge is 0.489 e. The molecule has 0 saturated heterocycles. The number of H-pyrrole nitrogens is 1. The molecule has 0 amide bonds. The Morgan fingerprint density at radius 1 is 1.14 bits per heavy atom. The number of halogens is 2. The third-order valence-electron chi connectivity index (χ3n) is 3.17. The maximum atomic E-state index is 6.04. The molecule has 0 bridgehead atoms. The minimum absolute atomic E-state index is 0.0728. The highest BCUT2D eigenvalue weighted by atomic mass is 35.5. The molecule has 0 saturated carbocycles. The number of hydrogen-bond acceptors (Lipinski definition) is 3. The number of rotatable bonds is 3. The second-order valence-electron chi connectivity index (χ2n) is 5.29. The summed E-state index contributed by atoms with van der Waals surface area (Å²) in [5.41, 5.74) is 9.06. The van der Waals surface area contributed by atoms with E-state index in [2.05, 4.69) is 9.97 Å². The number of anilines is 1. The summed E-state index contributed by atoms with van der Waals surface area (Å²) in [5, 5.41) is 0.969. The van der Waals surface area contributed by atoms with E-state index in [1.54, 1.807) is 12.1 Å². The van der Waals surface area contributed by atoms with Crippen molar-refractivity contribution in [3.8, 4) is 17.1 Å². The van der Waals surface area contributed by atoms with Crippen LogP contribution < -0.4 is 10.5 Å². The number of ether oxygens (including phenoxy) is 1. The van der Waals surface area contributed by atoms with E-state index in [-0.39, 0.29) is 6.10 Å². The van der Waals surface area contributed by atoms with Crippen molar-refractivity contribution in [2.45, 2.75) is 20.0 Å². The van der Waals surface area contributed by atoms with Crippen LogP contribution in [0.2, 0.25) is 10.0 Å². The first-order valence-corrected chi connectivity index (χ1v) is 7.61. The molecular weight excluding hydrogens is 321 g/mol. The van der Waals surface area contributed by atoms with E-state index < -0.39 is 0 Å². The van der Waals surface area contributed by atoms with Crippen LogP contribution in [0.4, 0.5) is 5.69 Å². The van der Waals surface area contributed by atoms with Gasteiger partial charge in [0.15, 0.2) is 0 Å². The molecule has 0 aliphatic heterocycles. The quantitative estimate of drug-likeness (QED) is 0.668. The van der Waals surface area contributed by atoms with Crippen LogP contribution in [0.15, 0.2) is 30.3 Å². The van der Waals surface area contributed by atoms with Crippen LogP contribution in [0.3, 0.4) is 0 Å². The lowest BCUT2D eigenvalue weighted by molar-refractivity contribution is 0.244. The molecule has 0 radical (unpaired) electrons. The summed E-state index contributed by atoms with van der Waals surface area (Å²) in [5.74, 6) is 1.37. The molecule has 0 aliphatic carbocycles. The molecular formula is C16H15Cl2N3O. The lowest BCUT2D eigenvalue weighted by Crippen LogP contribution is -2.07. The zero-order chi connectivity index (χ0) is 15.9. The van der Waals surface area contributed by atoms with E-state index in [0.717, 1.165) is 16.6 Å². The third-order valence-corrected chi connectivity index (χ3v) is 3.89. The minimum atomic E-state index is 0.0728. The zero-order valence-electron chi connectivity index (χ0n) is 12.2. The van der Waals surface area contributed by atoms with Gasteiger partial charge in [0.2, 0.25) is 0 Å². The molecule has 3 aromatic rings. The number of imidazole rings is 1. The van der Waals surface area contributed by atoms with Gasteiger partial charge in [-0.05, 0) is 44.2 Å². The molecule has 0 atom stereocenters. The summed E-state index contributed by atoms with van der Waals surface area (Å²) >= 11 is 12.0. The molecule has 0 fully saturated rings. The van der Waals surface area contributed by atoms with Gasteiger partial charge in [-0.3, -0.25) is 0 Å². The fourth-order valence-electron chi connectivity index (χ4n) is 2.20. The Labute approximate surface area is 138 Å². The van der Waals surface area contributed by atoms with E-state index >= 15 is 0 Å². The molecule has 2 aromatic carbocycles. The van der Waals surface area contributed by atoms with Crippen molar-refractivity contribution in [3.63, 3.8) is 0 Å². The van der Waals surface area contributed by atoms with Crippen molar-refractivity contribution in [2.75, 3.05) is 5.73 Å². The highest BCUT2D eigenvalue weighted by Gasteiger charge is 2.10. The maximum Gasteiger partial charge on any atom is 0.142 e. The number of benzene rings is 2. The minimum Gasteiger partial charge on any atom is -0.489 e. The monoisotopic (exact) mass is 335 g/mol. The Morgan fingerprint density at radius 2 is 1.86 bits per heavy atom. The van der Waals surface area contributed by atoms with Crippen molar-refractivity contribution in [2.24, 2.45) is 0 Å². The van der Waals surface area contributed by atoms with Gasteiger partial charge in [-0.2, -0.15) is 0 Å². The van der Waals surface area contributed by atoms with Gasteiger partial charge in [-0.1, -0.05) is 23.2 Å². The first-order chi connectivity index (χ1) is 10.4. The lowest BCUT2D eigenvalue weighted by Gasteiger charge is -2.12. The summed E-state index contributed by atoms with van der Waals surface area (Å²) in [4.78, 5) is 7.74. The van der Waals surface area contributed by atoms with Gasteiger partial charge in [-0.25, -0.2) is 4.98 Å². The van der Waals surface area contributed by atoms with Crippen LogP contribution in [0.5, 0.6) is 5.75 Å². The van der Waals surface area contributed by atoms with Gasteiger partial charge in [0.05, 0.1) is 32.9 Å². The number of aromatic amines is 1. The van der Waals surface area contributed by atoms with Crippen LogP contribution in [0, 0.1) is 0 Å². The topological polar surface area (TPSA) is 63.9 Å². The fraction of sp³-hybridized carbons (Fsp3) is 0.188. The number of nitrogens with two attached hydrogens (primary N) is 1. The summed E-state index contributed by atoms with van der Waals surface area (Å²) in [6.07, 6.45) is 0.0728. The van der Waals surface area contributed by atoms with E-state index in [1.807, 2.05) is 32.0 Å². The van der Waals surface area contributed by atoms with Gasteiger partial charge in [-0.15, -0.1) is 0 Å². The first-order valence-electron chi connectivity index (χ1n) is 6.85. The smallest absolute Gasteiger partial charge is 0.142 e. The SMILES string of the molecule is CC(C)Oc1ccc(-c2nc3cc(Cl)c(Cl)cc3[nH]2)cc1N. The molecule has 0 spiro atoms. The molecule has 22 heavy (non-hydrogen) atoms. The maximum absolute atomic E-state index is 6.04. The van der Waals surface area contributed by atoms with Crippen LogP contribution in [-0.2, 0) is 0 Å². The van der Waals surface area contributed by atoms with Gasteiger partial charge < -0.3 is 15.5 Å². The van der Waals surface area contributed by atoms with Crippen LogP contribution in [-0.4, -0.2) is 16.1 Å². The Morgan fingerprint density at radius 3 is 2.55 bits per heavy atom. The fourth-order valence-corrected chi connectivity index (χ4v) is 2.52. The molecule has 1 aromatic heterocycles. The van der Waals surface area contributed by atoms with Crippen molar-refractivity contribution in [3.05, 3.63) is 40.4 Å². The Hall–Kier alpha value is -1.91. The van der Waals surface area contributed by atoms with Gasteiger partial charge in [0.1, 0.15) is 11.6 Å². The number of aromatic nitrogens is 2. The average Bonchev–Trinajstić information content (AvgIpc) is 2.84. The molecule has 3 N–H and O–H groups in total. The predicted octanol–water partition coefficient (Wildman–Crippen LogP) is 4.91. The molecule has 1 heterocycles. The normalized spacial score (nSPS) is 11.3. The number of nitrogen functional groups attached to an aromatic ring is 1. The standard InChI is InChI=1S/C16H15Cl2N3O/c1-8(2)22-15-4-3-9(5-12(15)19)16-20-13-6-10(17)11(18)7-14(13)21-16/h3-8H,19H2,1-2H3,(H,20,21). The molecule has 4 nitrogen and oxygen atoms in total. The lowest BCUT2D eigenvalue weighted by atomic mass is 10.2. The first kappa shape index (κ1) is 15.0. The predicted molar refractivity (Wildman–Crippen MR) is 91.7 cm³/mol. The molecule has 3 rings (SSSR count). The number of fused-ring (bicyclic) bond motifs is 1. The van der Waals surface area contributed by atoms with Gasteiger partial charge in [0, 0.05) is 5.56 Å². The Balaban J connectivity index is 2.02. The molecule has 6 heteroatoms. The second-order valence-corrected chi connectivity index (χ2v) is 6.10. The Bertz CT molecular complexity index is 804. The van der Waals surface area contributed by atoms with Crippen molar-refractivity contribution >= 4 is 39.9 Å². The number of hydrogen-bond donors (Lipinski definition) is 2. The Kier molecular flexibility index (Phi) is 3.89. The zero-order valence-corrected chi connectivity index (χ0v) is 13.7. The number of nitrogens with one attached hydrogen (secondary N) is 1. The summed E-state index contributed by atoms with van der Waals surface area (Å²) in [6, 6.07) is 9.08. The van der Waals surface area contributed by atoms with E-state index in [4.69, 9.17) is 33.7 Å². The van der Waals surface area contributed by atoms with E-state index in [0.29, 0.717) is 27.3 Å². The highest BCUT2D eigenvalue weighted by molar-refractivity contribution is 6.42. The summed E-state index contributed by atoms with van der Waals surface area (Å²) in [7, 11) is 0. The highest BCUT2D eigenvalue weighted by Crippen LogP contribution is 2.31. The van der Waals surface area contributed by atoms with E-state index in [9.17, 15) is 0 Å². The second kappa shape index (κ2) is 5.71. The van der Waals surface area contributed by atoms with Crippen molar-refractivity contribution in [1.82, 2.24) is 9.97 Å². The van der Waals surface area contributed by atoms with Gasteiger partial charge in [0.25, 0.3) is 0 Å². The molecule has 0 aliphatic rings. The molecule has 0 unspecified atom stereocenters.